The van der Waals surface area contributed by atoms with E-state index < -0.39 is 29.2 Å². The van der Waals surface area contributed by atoms with Gasteiger partial charge in [-0.2, -0.15) is 13.2 Å². The number of hydrogen-bond acceptors (Lipinski definition) is 6. The Morgan fingerprint density at radius 3 is 2.41 bits per heavy atom. The zero-order valence-electron chi connectivity index (χ0n) is 20.8. The highest BCUT2D eigenvalue weighted by atomic mass is 19.4. The van der Waals surface area contributed by atoms with Crippen molar-refractivity contribution < 1.29 is 27.1 Å². The predicted octanol–water partition coefficient (Wildman–Crippen LogP) is 5.85. The molecule has 0 aliphatic carbocycles. The number of fused-ring (bicyclic) bond motifs is 1. The first-order chi connectivity index (χ1) is 18.7. The molecule has 200 valence electrons. The van der Waals surface area contributed by atoms with Crippen molar-refractivity contribution in [1.82, 2.24) is 24.6 Å². The van der Waals surface area contributed by atoms with Crippen molar-refractivity contribution >= 4 is 11.1 Å². The quantitative estimate of drug-likeness (QED) is 0.274. The predicted molar refractivity (Wildman–Crippen MR) is 136 cm³/mol. The summed E-state index contributed by atoms with van der Waals surface area (Å²) in [6.07, 6.45) is -2.28. The van der Waals surface area contributed by atoms with Gasteiger partial charge in [-0.05, 0) is 53.4 Å². The van der Waals surface area contributed by atoms with Crippen LogP contribution in [0.1, 0.15) is 23.6 Å². The number of rotatable bonds is 6. The molecule has 0 saturated carbocycles. The summed E-state index contributed by atoms with van der Waals surface area (Å²) in [5, 5.41) is 18.2. The van der Waals surface area contributed by atoms with Crippen LogP contribution < -0.4 is 0 Å². The van der Waals surface area contributed by atoms with Crippen LogP contribution in [0.4, 0.5) is 17.6 Å². The third-order valence-electron chi connectivity index (χ3n) is 7.09. The molecule has 3 heterocycles. The molecular weight excluding hydrogens is 514 g/mol. The summed E-state index contributed by atoms with van der Waals surface area (Å²) in [5.74, 6) is 0.00473. The first-order valence-corrected chi connectivity index (χ1v) is 12.3. The number of aliphatic hydroxyl groups excluding tert-OH is 1. The molecule has 6 rings (SSSR count). The smallest absolute Gasteiger partial charge is 0.420 e. The molecule has 1 aliphatic heterocycles. The minimum absolute atomic E-state index is 0.0286. The first kappa shape index (κ1) is 25.2. The lowest BCUT2D eigenvalue weighted by Crippen LogP contribution is -2.41. The van der Waals surface area contributed by atoms with Gasteiger partial charge in [0.15, 0.2) is 11.4 Å². The van der Waals surface area contributed by atoms with Gasteiger partial charge in [0.05, 0.1) is 12.6 Å². The maximum Gasteiger partial charge on any atom is 0.420 e. The van der Waals surface area contributed by atoms with Crippen LogP contribution in [0.3, 0.4) is 0 Å². The number of aryl methyl sites for hydroxylation is 1. The number of benzene rings is 3. The molecule has 11 heteroatoms. The highest BCUT2D eigenvalue weighted by Gasteiger charge is 2.37. The van der Waals surface area contributed by atoms with Gasteiger partial charge >= 0.3 is 6.18 Å². The van der Waals surface area contributed by atoms with Crippen LogP contribution in [0.25, 0.3) is 45.1 Å². The van der Waals surface area contributed by atoms with Crippen LogP contribution in [-0.2, 0) is 13.2 Å². The largest absolute Gasteiger partial charge is 0.435 e. The maximum absolute atomic E-state index is 14.2. The maximum atomic E-state index is 14.2. The van der Waals surface area contributed by atoms with Crippen molar-refractivity contribution in [3.05, 3.63) is 77.9 Å². The van der Waals surface area contributed by atoms with Crippen LogP contribution in [0.2, 0.25) is 0 Å². The van der Waals surface area contributed by atoms with Crippen LogP contribution in [0, 0.1) is 5.82 Å². The molecule has 3 aromatic carbocycles. The van der Waals surface area contributed by atoms with Crippen LogP contribution >= 0.6 is 0 Å². The molecule has 1 aliphatic rings. The summed E-state index contributed by atoms with van der Waals surface area (Å²) >= 11 is 0. The van der Waals surface area contributed by atoms with Crippen molar-refractivity contribution in [2.45, 2.75) is 18.6 Å². The summed E-state index contributed by atoms with van der Waals surface area (Å²) in [5.41, 5.74) is 1.26. The van der Waals surface area contributed by atoms with Gasteiger partial charge in [0.1, 0.15) is 23.2 Å². The van der Waals surface area contributed by atoms with E-state index in [4.69, 9.17) is 4.42 Å². The summed E-state index contributed by atoms with van der Waals surface area (Å²) in [4.78, 5) is 6.43. The molecule has 0 amide bonds. The zero-order valence-corrected chi connectivity index (χ0v) is 20.8. The molecule has 39 heavy (non-hydrogen) atoms. The molecule has 0 radical (unpaired) electrons. The van der Waals surface area contributed by atoms with E-state index in [-0.39, 0.29) is 18.0 Å². The number of alkyl halides is 3. The second kappa shape index (κ2) is 9.58. The number of nitrogens with zero attached hydrogens (tertiary/aromatic N) is 5. The minimum atomic E-state index is -4.71. The van der Waals surface area contributed by atoms with Gasteiger partial charge in [0.2, 0.25) is 5.89 Å². The molecule has 1 unspecified atom stereocenters. The normalized spacial score (nSPS) is 15.0. The summed E-state index contributed by atoms with van der Waals surface area (Å²) in [6.45, 7) is 1.08. The Balaban J connectivity index is 1.58. The van der Waals surface area contributed by atoms with Gasteiger partial charge in [0, 0.05) is 31.3 Å². The van der Waals surface area contributed by atoms with E-state index in [9.17, 15) is 22.7 Å². The Labute approximate surface area is 220 Å². The molecule has 1 atom stereocenters. The van der Waals surface area contributed by atoms with Crippen LogP contribution in [0.5, 0.6) is 0 Å². The molecule has 5 aromatic rings. The van der Waals surface area contributed by atoms with Gasteiger partial charge in [-0.15, -0.1) is 10.2 Å². The van der Waals surface area contributed by atoms with E-state index in [1.807, 2.05) is 11.0 Å². The molecule has 0 spiro atoms. The van der Waals surface area contributed by atoms with Crippen LogP contribution in [0.15, 0.2) is 65.3 Å². The third-order valence-corrected chi connectivity index (χ3v) is 7.09. The Morgan fingerprint density at radius 1 is 1.05 bits per heavy atom. The monoisotopic (exact) mass is 537 g/mol. The van der Waals surface area contributed by atoms with E-state index in [0.717, 1.165) is 12.5 Å². The van der Waals surface area contributed by atoms with Gasteiger partial charge in [-0.1, -0.05) is 24.3 Å². The lowest BCUT2D eigenvalue weighted by Gasteiger charge is -2.37. The minimum Gasteiger partial charge on any atom is -0.435 e. The fraction of sp³-hybridized carbons (Fsp3) is 0.250. The highest BCUT2D eigenvalue weighted by Crippen LogP contribution is 2.43. The van der Waals surface area contributed by atoms with Gasteiger partial charge in [-0.25, -0.2) is 9.37 Å². The highest BCUT2D eigenvalue weighted by molar-refractivity contribution is 5.92. The summed E-state index contributed by atoms with van der Waals surface area (Å²) in [7, 11) is 1.74. The lowest BCUT2D eigenvalue weighted by molar-refractivity contribution is -0.137. The van der Waals surface area contributed by atoms with Crippen molar-refractivity contribution in [1.29, 1.82) is 0 Å². The first-order valence-electron chi connectivity index (χ1n) is 12.3. The number of aliphatic hydroxyl groups is 1. The van der Waals surface area contributed by atoms with E-state index >= 15 is 0 Å². The number of oxazole rings is 1. The Kier molecular flexibility index (Phi) is 6.19. The van der Waals surface area contributed by atoms with E-state index in [0.29, 0.717) is 46.7 Å². The molecule has 1 fully saturated rings. The van der Waals surface area contributed by atoms with E-state index in [2.05, 4.69) is 15.2 Å². The average Bonchev–Trinajstić information content (AvgIpc) is 3.50. The zero-order chi connectivity index (χ0) is 27.3. The molecular formula is C28H23F4N5O2. The van der Waals surface area contributed by atoms with E-state index in [1.165, 1.54) is 18.5 Å². The Hall–Kier alpha value is -4.09. The third kappa shape index (κ3) is 4.47. The summed E-state index contributed by atoms with van der Waals surface area (Å²) in [6, 6.07) is 13.1. The molecule has 1 N–H and O–H groups in total. The van der Waals surface area contributed by atoms with Crippen molar-refractivity contribution in [2.75, 3.05) is 19.7 Å². The average molecular weight is 538 g/mol. The fourth-order valence-corrected chi connectivity index (χ4v) is 5.01. The van der Waals surface area contributed by atoms with Gasteiger partial charge in [-0.3, -0.25) is 4.90 Å². The number of hydrogen-bond donors (Lipinski definition) is 1. The van der Waals surface area contributed by atoms with Crippen molar-refractivity contribution in [3.63, 3.8) is 0 Å². The number of aromatic nitrogens is 4. The number of halogens is 4. The summed E-state index contributed by atoms with van der Waals surface area (Å²) < 4.78 is 63.9. The van der Waals surface area contributed by atoms with Crippen LogP contribution in [-0.4, -0.2) is 49.5 Å². The molecule has 0 bridgehead atoms. The van der Waals surface area contributed by atoms with Gasteiger partial charge in [0.25, 0.3) is 0 Å². The topological polar surface area (TPSA) is 80.2 Å². The molecule has 7 nitrogen and oxygen atoms in total. The van der Waals surface area contributed by atoms with E-state index in [1.54, 1.807) is 41.9 Å². The molecule has 2 aromatic heterocycles. The van der Waals surface area contributed by atoms with Crippen molar-refractivity contribution in [3.8, 4) is 34.0 Å². The second-order valence-electron chi connectivity index (χ2n) is 9.52. The second-order valence-corrected chi connectivity index (χ2v) is 9.52. The number of likely N-dealkylation sites (tertiary alicyclic amines) is 1. The molecule has 1 saturated heterocycles. The SMILES string of the molecule is Cn1cnnc1-c1c(-c2ccc(F)cc2)cccc1-c1nc2cc(C(CO)N3CCC3)cc(C(F)(F)F)c2o1. The standard InChI is InChI=1S/C28H23F4N5O2/c1-36-15-33-35-26(36)24-19(16-6-8-18(29)9-7-16)4-2-5-20(24)27-34-22-13-17(23(14-38)37-10-3-11-37)12-21(25(22)39-27)28(30,31)32/h2,4-9,12-13,15,23,38H,3,10-11,14H2,1H3. The van der Waals surface area contributed by atoms with Crippen molar-refractivity contribution in [2.24, 2.45) is 7.05 Å². The fourth-order valence-electron chi connectivity index (χ4n) is 5.01. The Bertz CT molecular complexity index is 1660. The Morgan fingerprint density at radius 2 is 1.79 bits per heavy atom. The van der Waals surface area contributed by atoms with Gasteiger partial charge < -0.3 is 14.1 Å². The lowest BCUT2D eigenvalue weighted by atomic mass is 9.94.